The van der Waals surface area contributed by atoms with E-state index in [-0.39, 0.29) is 17.7 Å². The third kappa shape index (κ3) is 5.56. The van der Waals surface area contributed by atoms with Gasteiger partial charge in [-0.15, -0.1) is 0 Å². The second-order valence-corrected chi connectivity index (χ2v) is 8.58. The van der Waals surface area contributed by atoms with Crippen LogP contribution in [0.25, 0.3) is 6.08 Å². The minimum atomic E-state index is -0.359. The largest absolute Gasteiger partial charge is 0.362 e. The predicted octanol–water partition coefficient (Wildman–Crippen LogP) is 2.79. The van der Waals surface area contributed by atoms with Gasteiger partial charge in [-0.25, -0.2) is 15.3 Å². The molecule has 30 heavy (non-hydrogen) atoms. The van der Waals surface area contributed by atoms with Crippen molar-refractivity contribution in [2.24, 2.45) is 5.92 Å². The molecule has 0 radical (unpaired) electrons. The molecule has 0 bridgehead atoms. The minimum Gasteiger partial charge on any atom is -0.362 e. The van der Waals surface area contributed by atoms with E-state index in [1.54, 1.807) is 18.5 Å². The highest BCUT2D eigenvalue weighted by molar-refractivity contribution is 5.90. The number of piperidine rings is 1. The van der Waals surface area contributed by atoms with Crippen molar-refractivity contribution in [2.75, 3.05) is 25.0 Å². The molecule has 4 rings (SSSR count). The van der Waals surface area contributed by atoms with Gasteiger partial charge in [0.2, 0.25) is 0 Å². The van der Waals surface area contributed by atoms with Crippen LogP contribution in [0.1, 0.15) is 63.5 Å². The lowest BCUT2D eigenvalue weighted by Gasteiger charge is -2.43. The molecular weight excluding hydrogens is 382 g/mol. The normalized spacial score (nSPS) is 27.9. The maximum Gasteiger partial charge on any atom is 0.267 e. The first kappa shape index (κ1) is 21.2. The van der Waals surface area contributed by atoms with Crippen LogP contribution in [-0.2, 0) is 14.4 Å². The van der Waals surface area contributed by atoms with Gasteiger partial charge in [0.25, 0.3) is 5.91 Å². The Bertz CT molecular complexity index is 706. The number of hydroxylamine groups is 1. The summed E-state index contributed by atoms with van der Waals surface area (Å²) in [5, 5.41) is 7.28. The number of carbonyl (C=O) groups is 1. The van der Waals surface area contributed by atoms with Crippen molar-refractivity contribution < 1.29 is 14.4 Å². The Morgan fingerprint density at radius 1 is 1.17 bits per heavy atom. The fraction of sp³-hybridized carbons (Fsp3) is 0.682. The summed E-state index contributed by atoms with van der Waals surface area (Å²) in [7, 11) is 0. The lowest BCUT2D eigenvalue weighted by molar-refractivity contribution is -0.198. The Hall–Kier alpha value is -2.03. The first-order valence-electron chi connectivity index (χ1n) is 11.3. The molecule has 2 aliphatic heterocycles. The van der Waals surface area contributed by atoms with Crippen molar-refractivity contribution in [1.82, 2.24) is 20.8 Å². The van der Waals surface area contributed by atoms with Crippen molar-refractivity contribution in [3.8, 4) is 0 Å². The van der Waals surface area contributed by atoms with Gasteiger partial charge in [-0.05, 0) is 57.1 Å². The summed E-state index contributed by atoms with van der Waals surface area (Å²) in [6.45, 7) is 2.74. The van der Waals surface area contributed by atoms with E-state index in [0.29, 0.717) is 18.2 Å². The van der Waals surface area contributed by atoms with Crippen molar-refractivity contribution >= 4 is 17.8 Å². The van der Waals surface area contributed by atoms with Crippen LogP contribution in [0.15, 0.2) is 18.5 Å². The zero-order chi connectivity index (χ0) is 20.7. The summed E-state index contributed by atoms with van der Waals surface area (Å²) in [5.41, 5.74) is 3.10. The number of nitrogens with zero attached hydrogens (tertiary/aromatic N) is 2. The van der Waals surface area contributed by atoms with Crippen LogP contribution in [0, 0.1) is 5.92 Å². The summed E-state index contributed by atoms with van der Waals surface area (Å²) >= 11 is 0. The molecule has 3 aliphatic rings. The first-order valence-corrected chi connectivity index (χ1v) is 11.3. The fourth-order valence-corrected chi connectivity index (χ4v) is 4.83. The molecule has 2 saturated heterocycles. The molecule has 0 spiro atoms. The second-order valence-electron chi connectivity index (χ2n) is 8.58. The van der Waals surface area contributed by atoms with E-state index in [9.17, 15) is 4.79 Å². The van der Waals surface area contributed by atoms with Gasteiger partial charge in [0, 0.05) is 25.6 Å². The summed E-state index contributed by atoms with van der Waals surface area (Å²) < 4.78 is 5.42. The summed E-state index contributed by atoms with van der Waals surface area (Å²) in [5.74, 6) is 1.13. The highest BCUT2D eigenvalue weighted by Crippen LogP contribution is 2.39. The Labute approximate surface area is 178 Å². The van der Waals surface area contributed by atoms with Gasteiger partial charge in [-0.2, -0.15) is 0 Å². The lowest BCUT2D eigenvalue weighted by Crippen LogP contribution is -2.55. The average Bonchev–Trinajstić information content (AvgIpc) is 3.34. The molecule has 8 nitrogen and oxygen atoms in total. The Morgan fingerprint density at radius 2 is 2.03 bits per heavy atom. The average molecular weight is 416 g/mol. The van der Waals surface area contributed by atoms with Crippen molar-refractivity contribution in [3.05, 3.63) is 24.2 Å². The van der Waals surface area contributed by atoms with E-state index < -0.39 is 0 Å². The number of hydrogen-bond acceptors (Lipinski definition) is 7. The smallest absolute Gasteiger partial charge is 0.267 e. The molecule has 3 fully saturated rings. The van der Waals surface area contributed by atoms with Crippen LogP contribution >= 0.6 is 0 Å². The molecule has 1 unspecified atom stereocenters. The van der Waals surface area contributed by atoms with E-state index in [1.807, 2.05) is 0 Å². The molecule has 0 aromatic carbocycles. The molecule has 3 N–H and O–H groups in total. The number of nitrogens with one attached hydrogen (secondary N) is 3. The minimum absolute atomic E-state index is 0.0687. The van der Waals surface area contributed by atoms with Crippen LogP contribution in [0.4, 0.5) is 5.82 Å². The highest BCUT2D eigenvalue weighted by atomic mass is 16.8. The lowest BCUT2D eigenvalue weighted by atomic mass is 9.77. The first-order chi connectivity index (χ1) is 14.7. The quantitative estimate of drug-likeness (QED) is 0.465. The van der Waals surface area contributed by atoms with Gasteiger partial charge >= 0.3 is 0 Å². The van der Waals surface area contributed by atoms with Crippen molar-refractivity contribution in [2.45, 2.75) is 69.6 Å². The van der Waals surface area contributed by atoms with Crippen molar-refractivity contribution in [1.29, 1.82) is 0 Å². The zero-order valence-corrected chi connectivity index (χ0v) is 17.6. The number of carbonyl (C=O) groups excluding carboxylic acids is 1. The number of amides is 1. The summed E-state index contributed by atoms with van der Waals surface area (Å²) in [6.07, 6.45) is 16.6. The Kier molecular flexibility index (Phi) is 7.30. The molecule has 164 valence electrons. The number of anilines is 1. The maximum absolute atomic E-state index is 11.9. The SMILES string of the molecule is O=C(/C=C/c1cnc(N[C@@]2(C3CCCC3)CCCNC2)cn1)NOC1CCCCO1. The molecule has 3 heterocycles. The van der Waals surface area contributed by atoms with Crippen LogP contribution in [-0.4, -0.2) is 47.4 Å². The van der Waals surface area contributed by atoms with Crippen LogP contribution in [0.2, 0.25) is 0 Å². The number of ether oxygens (including phenoxy) is 1. The monoisotopic (exact) mass is 415 g/mol. The van der Waals surface area contributed by atoms with Gasteiger partial charge in [0.15, 0.2) is 6.29 Å². The van der Waals surface area contributed by atoms with Gasteiger partial charge in [0.05, 0.1) is 23.6 Å². The zero-order valence-electron chi connectivity index (χ0n) is 17.6. The molecule has 1 aromatic heterocycles. The molecule has 1 aliphatic carbocycles. The van der Waals surface area contributed by atoms with Crippen LogP contribution in [0.3, 0.4) is 0 Å². The molecule has 1 amide bonds. The molecule has 8 heteroatoms. The van der Waals surface area contributed by atoms with E-state index in [4.69, 9.17) is 9.57 Å². The number of aromatic nitrogens is 2. The molecule has 1 saturated carbocycles. The fourth-order valence-electron chi connectivity index (χ4n) is 4.83. The standard InChI is InChI=1S/C22H33N5O3/c28-20(27-30-21-8-3-4-13-29-21)10-9-18-14-25-19(15-24-18)26-22(11-5-12-23-16-22)17-6-1-2-7-17/h9-10,14-15,17,21,23H,1-8,11-13,16H2,(H,25,26)(H,27,28)/b10-9+/t21?,22-/m0/s1. The summed E-state index contributed by atoms with van der Waals surface area (Å²) in [4.78, 5) is 26.2. The van der Waals surface area contributed by atoms with E-state index in [1.165, 1.54) is 44.6 Å². The third-order valence-electron chi connectivity index (χ3n) is 6.44. The summed E-state index contributed by atoms with van der Waals surface area (Å²) in [6, 6.07) is 0. The third-order valence-corrected chi connectivity index (χ3v) is 6.44. The van der Waals surface area contributed by atoms with Crippen LogP contribution in [0.5, 0.6) is 0 Å². The van der Waals surface area contributed by atoms with Gasteiger partial charge in [-0.1, -0.05) is 12.8 Å². The predicted molar refractivity (Wildman–Crippen MR) is 114 cm³/mol. The van der Waals surface area contributed by atoms with Gasteiger partial charge in [-0.3, -0.25) is 9.78 Å². The Morgan fingerprint density at radius 3 is 2.73 bits per heavy atom. The topological polar surface area (TPSA) is 97.4 Å². The van der Waals surface area contributed by atoms with Gasteiger partial charge < -0.3 is 15.4 Å². The Balaban J connectivity index is 1.30. The molecular formula is C22H33N5O3. The second kappa shape index (κ2) is 10.3. The van der Waals surface area contributed by atoms with E-state index >= 15 is 0 Å². The number of hydrogen-bond donors (Lipinski definition) is 3. The maximum atomic E-state index is 11.9. The van der Waals surface area contributed by atoms with Crippen LogP contribution < -0.4 is 16.1 Å². The molecule has 2 atom stereocenters. The van der Waals surface area contributed by atoms with E-state index in [2.05, 4.69) is 26.1 Å². The van der Waals surface area contributed by atoms with Gasteiger partial charge in [0.1, 0.15) is 5.82 Å². The number of rotatable bonds is 7. The van der Waals surface area contributed by atoms with E-state index in [0.717, 1.165) is 38.2 Å². The molecule has 1 aromatic rings. The highest BCUT2D eigenvalue weighted by Gasteiger charge is 2.41. The van der Waals surface area contributed by atoms with Crippen molar-refractivity contribution in [3.63, 3.8) is 0 Å².